The average Bonchev–Trinajstić information content (AvgIpc) is 2.87. The molecular formula is C33H36N2O2. The van der Waals surface area contributed by atoms with Gasteiger partial charge in [0.05, 0.1) is 6.42 Å². The maximum atomic E-state index is 12.9. The van der Waals surface area contributed by atoms with Crippen molar-refractivity contribution in [1.82, 2.24) is 0 Å². The second-order valence-electron chi connectivity index (χ2n) is 10.4. The monoisotopic (exact) mass is 492 g/mol. The number of hydrogen-bond donors (Lipinski definition) is 2. The van der Waals surface area contributed by atoms with E-state index in [1.165, 1.54) is 0 Å². The summed E-state index contributed by atoms with van der Waals surface area (Å²) in [5.41, 5.74) is 7.13. The van der Waals surface area contributed by atoms with Crippen LogP contribution in [0.1, 0.15) is 48.9 Å². The first-order chi connectivity index (χ1) is 17.8. The lowest BCUT2D eigenvalue weighted by Gasteiger charge is -2.29. The van der Waals surface area contributed by atoms with Crippen LogP contribution in [0.2, 0.25) is 0 Å². The van der Waals surface area contributed by atoms with Crippen molar-refractivity contribution in [3.05, 3.63) is 119 Å². The molecule has 0 heterocycles. The number of anilines is 2. The minimum Gasteiger partial charge on any atom is -0.326 e. The minimum absolute atomic E-state index is 0.00103. The van der Waals surface area contributed by atoms with Crippen molar-refractivity contribution in [2.45, 2.75) is 52.9 Å². The Balaban J connectivity index is 1.40. The van der Waals surface area contributed by atoms with E-state index < -0.39 is 0 Å². The smallest absolute Gasteiger partial charge is 0.228 e. The van der Waals surface area contributed by atoms with Gasteiger partial charge in [-0.15, -0.1) is 0 Å². The van der Waals surface area contributed by atoms with Gasteiger partial charge in [-0.05, 0) is 66.0 Å². The summed E-state index contributed by atoms with van der Waals surface area (Å²) in [4.78, 5) is 25.7. The molecule has 4 rings (SSSR count). The van der Waals surface area contributed by atoms with Gasteiger partial charge in [0.25, 0.3) is 0 Å². The number of aryl methyl sites for hydroxylation is 3. The molecule has 1 aliphatic carbocycles. The van der Waals surface area contributed by atoms with Crippen LogP contribution in [0, 0.1) is 12.3 Å². The topological polar surface area (TPSA) is 58.2 Å². The van der Waals surface area contributed by atoms with E-state index in [9.17, 15) is 9.59 Å². The fourth-order valence-corrected chi connectivity index (χ4v) is 4.73. The number of nitrogens with one attached hydrogen (secondary N) is 2. The summed E-state index contributed by atoms with van der Waals surface area (Å²) in [6.45, 7) is 6.39. The fraction of sp³-hybridized carbons (Fsp3) is 0.273. The first kappa shape index (κ1) is 26.2. The second kappa shape index (κ2) is 11.9. The van der Waals surface area contributed by atoms with Crippen molar-refractivity contribution >= 4 is 23.2 Å². The van der Waals surface area contributed by atoms with Crippen LogP contribution in [0.4, 0.5) is 11.4 Å². The summed E-state index contributed by atoms with van der Waals surface area (Å²) < 4.78 is 0. The quantitative estimate of drug-likeness (QED) is 0.332. The van der Waals surface area contributed by atoms with Gasteiger partial charge >= 0.3 is 0 Å². The van der Waals surface area contributed by atoms with Crippen LogP contribution in [0.3, 0.4) is 0 Å². The summed E-state index contributed by atoms with van der Waals surface area (Å²) in [6.07, 6.45) is 9.44. The van der Waals surface area contributed by atoms with Crippen LogP contribution in [0.5, 0.6) is 0 Å². The summed E-state index contributed by atoms with van der Waals surface area (Å²) in [5, 5.41) is 6.24. The largest absolute Gasteiger partial charge is 0.326 e. The molecule has 0 radical (unpaired) electrons. The van der Waals surface area contributed by atoms with E-state index >= 15 is 0 Å². The first-order valence-electron chi connectivity index (χ1n) is 13.0. The van der Waals surface area contributed by atoms with Crippen molar-refractivity contribution < 1.29 is 9.59 Å². The van der Waals surface area contributed by atoms with Crippen LogP contribution < -0.4 is 10.6 Å². The maximum Gasteiger partial charge on any atom is 0.228 e. The molecule has 0 aromatic heterocycles. The molecule has 3 aromatic rings. The molecule has 2 amide bonds. The van der Waals surface area contributed by atoms with E-state index in [4.69, 9.17) is 0 Å². The van der Waals surface area contributed by atoms with E-state index in [-0.39, 0.29) is 17.2 Å². The number of allylic oxidation sites excluding steroid dienone is 3. The lowest BCUT2D eigenvalue weighted by Crippen LogP contribution is -2.22. The third-order valence-electron chi connectivity index (χ3n) is 7.14. The van der Waals surface area contributed by atoms with Gasteiger partial charge in [0.1, 0.15) is 0 Å². The maximum absolute atomic E-state index is 12.9. The molecule has 37 heavy (non-hydrogen) atoms. The number of carbonyl (C=O) groups is 2. The minimum atomic E-state index is -0.0239. The molecule has 190 valence electrons. The van der Waals surface area contributed by atoms with Crippen molar-refractivity contribution in [2.24, 2.45) is 5.41 Å². The van der Waals surface area contributed by atoms with Gasteiger partial charge in [-0.3, -0.25) is 9.59 Å². The molecule has 0 atom stereocenters. The number of benzene rings is 3. The van der Waals surface area contributed by atoms with Gasteiger partial charge in [0.2, 0.25) is 11.8 Å². The SMILES string of the molecule is Cc1ccccc1CC(=O)Nc1ccccc1CCc1ccccc1NC(=O)CC1=CC=CCC1(C)C. The van der Waals surface area contributed by atoms with E-state index in [1.807, 2.05) is 73.7 Å². The average molecular weight is 493 g/mol. The number of hydrogen-bond acceptors (Lipinski definition) is 2. The highest BCUT2D eigenvalue weighted by Gasteiger charge is 2.25. The van der Waals surface area contributed by atoms with E-state index in [2.05, 4.69) is 48.8 Å². The molecule has 0 spiro atoms. The van der Waals surface area contributed by atoms with Gasteiger partial charge in [0, 0.05) is 17.8 Å². The summed E-state index contributed by atoms with van der Waals surface area (Å²) in [6, 6.07) is 23.9. The Morgan fingerprint density at radius 3 is 1.81 bits per heavy atom. The fourth-order valence-electron chi connectivity index (χ4n) is 4.73. The van der Waals surface area contributed by atoms with Crippen molar-refractivity contribution in [3.63, 3.8) is 0 Å². The Morgan fingerprint density at radius 1 is 0.730 bits per heavy atom. The molecule has 4 heteroatoms. The van der Waals surface area contributed by atoms with Crippen molar-refractivity contribution in [3.8, 4) is 0 Å². The Morgan fingerprint density at radius 2 is 1.24 bits per heavy atom. The van der Waals surface area contributed by atoms with Gasteiger partial charge in [0.15, 0.2) is 0 Å². The Hall–Kier alpha value is -3.92. The van der Waals surface area contributed by atoms with Crippen LogP contribution in [-0.2, 0) is 28.9 Å². The third-order valence-corrected chi connectivity index (χ3v) is 7.14. The standard InChI is InChI=1S/C33H36N2O2/c1-24-12-4-5-15-27(24)22-31(36)34-29-17-8-6-13-25(29)19-20-26-14-7-9-18-30(26)35-32(37)23-28-16-10-11-21-33(28,2)3/h4-18H,19-23H2,1-3H3,(H,34,36)(H,35,37). The Bertz CT molecular complexity index is 1330. The zero-order valence-corrected chi connectivity index (χ0v) is 22.0. The first-order valence-corrected chi connectivity index (χ1v) is 13.0. The number of para-hydroxylation sites is 2. The molecule has 0 saturated heterocycles. The molecule has 0 bridgehead atoms. The Kier molecular flexibility index (Phi) is 8.39. The van der Waals surface area contributed by atoms with E-state index in [1.54, 1.807) is 0 Å². The number of rotatable bonds is 9. The summed E-state index contributed by atoms with van der Waals surface area (Å²) in [7, 11) is 0. The van der Waals surface area contributed by atoms with Gasteiger partial charge in [-0.1, -0.05) is 98.3 Å². The van der Waals surface area contributed by atoms with Gasteiger partial charge < -0.3 is 10.6 Å². The Labute approximate surface area is 220 Å². The third kappa shape index (κ3) is 7.07. The molecule has 0 saturated carbocycles. The van der Waals surface area contributed by atoms with Crippen LogP contribution in [-0.4, -0.2) is 11.8 Å². The molecule has 0 aliphatic heterocycles. The lowest BCUT2D eigenvalue weighted by molar-refractivity contribution is -0.116. The second-order valence-corrected chi connectivity index (χ2v) is 10.4. The zero-order chi connectivity index (χ0) is 26.3. The van der Waals surface area contributed by atoms with E-state index in [0.717, 1.165) is 58.5 Å². The predicted molar refractivity (Wildman–Crippen MR) is 153 cm³/mol. The van der Waals surface area contributed by atoms with E-state index in [0.29, 0.717) is 12.8 Å². The molecule has 2 N–H and O–H groups in total. The normalized spacial score (nSPS) is 14.1. The highest BCUT2D eigenvalue weighted by Crippen LogP contribution is 2.35. The molecule has 4 nitrogen and oxygen atoms in total. The summed E-state index contributed by atoms with van der Waals surface area (Å²) >= 11 is 0. The highest BCUT2D eigenvalue weighted by molar-refractivity contribution is 5.94. The molecule has 0 fully saturated rings. The van der Waals surface area contributed by atoms with Gasteiger partial charge in [-0.25, -0.2) is 0 Å². The number of amides is 2. The highest BCUT2D eigenvalue weighted by atomic mass is 16.2. The molecule has 1 aliphatic rings. The van der Waals surface area contributed by atoms with Crippen molar-refractivity contribution in [2.75, 3.05) is 10.6 Å². The molecule has 0 unspecified atom stereocenters. The number of carbonyl (C=O) groups excluding carboxylic acids is 2. The molecule has 3 aromatic carbocycles. The van der Waals surface area contributed by atoms with Crippen LogP contribution in [0.25, 0.3) is 0 Å². The van der Waals surface area contributed by atoms with Gasteiger partial charge in [-0.2, -0.15) is 0 Å². The summed E-state index contributed by atoms with van der Waals surface area (Å²) in [5.74, 6) is -0.0184. The van der Waals surface area contributed by atoms with Crippen LogP contribution in [0.15, 0.2) is 96.6 Å². The molecular weight excluding hydrogens is 456 g/mol. The lowest BCUT2D eigenvalue weighted by atomic mass is 9.77. The van der Waals surface area contributed by atoms with Crippen molar-refractivity contribution in [1.29, 1.82) is 0 Å². The predicted octanol–water partition coefficient (Wildman–Crippen LogP) is 7.20. The van der Waals surface area contributed by atoms with Crippen LogP contribution >= 0.6 is 0 Å². The zero-order valence-electron chi connectivity index (χ0n) is 22.0.